The molecule has 4 aromatic rings. The average molecular weight is 614 g/mol. The van der Waals surface area contributed by atoms with Crippen LogP contribution in [-0.4, -0.2) is 38.3 Å². The first-order chi connectivity index (χ1) is 19.5. The summed E-state index contributed by atoms with van der Waals surface area (Å²) in [7, 11) is -4.06. The van der Waals surface area contributed by atoms with Gasteiger partial charge in [0.15, 0.2) is 0 Å². The normalized spacial score (nSPS) is 11.6. The number of hydrazone groups is 1. The summed E-state index contributed by atoms with van der Waals surface area (Å²) in [5.41, 5.74) is 6.89. The number of nitrogens with one attached hydrogen (secondary N) is 1. The number of carbonyl (C=O) groups excluding carboxylic acids is 1. The van der Waals surface area contributed by atoms with E-state index >= 15 is 0 Å². The zero-order valence-corrected chi connectivity index (χ0v) is 25.4. The fourth-order valence-corrected chi connectivity index (χ4v) is 6.12. The number of amides is 1. The molecule has 3 aromatic carbocycles. The SMILES string of the molecule is CCOc1ccc(N(CC(=O)N/N=C\c2cc(C)n(-c3cccc(Cl)c3Cl)c2C)S(=O)(=O)c2ccc(C)cc2)cc1. The number of hydrogen-bond acceptors (Lipinski definition) is 5. The molecular weight excluding hydrogens is 583 g/mol. The Bertz CT molecular complexity index is 1680. The minimum absolute atomic E-state index is 0.0698. The van der Waals surface area contributed by atoms with Crippen LogP contribution in [0.1, 0.15) is 29.4 Å². The van der Waals surface area contributed by atoms with Gasteiger partial charge in [0.1, 0.15) is 12.3 Å². The van der Waals surface area contributed by atoms with E-state index in [9.17, 15) is 13.2 Å². The van der Waals surface area contributed by atoms with Gasteiger partial charge in [0.05, 0.1) is 39.1 Å². The molecule has 0 spiro atoms. The van der Waals surface area contributed by atoms with Crippen LogP contribution >= 0.6 is 23.2 Å². The lowest BCUT2D eigenvalue weighted by atomic mass is 10.2. The highest BCUT2D eigenvalue weighted by atomic mass is 35.5. The maximum atomic E-state index is 13.6. The van der Waals surface area contributed by atoms with Crippen molar-refractivity contribution in [3.8, 4) is 11.4 Å². The summed E-state index contributed by atoms with van der Waals surface area (Å²) >= 11 is 12.6. The smallest absolute Gasteiger partial charge is 0.264 e. The number of hydrogen-bond donors (Lipinski definition) is 1. The number of rotatable bonds is 10. The van der Waals surface area contributed by atoms with Crippen LogP contribution in [0, 0.1) is 20.8 Å². The number of benzene rings is 3. The van der Waals surface area contributed by atoms with Crippen LogP contribution in [0.3, 0.4) is 0 Å². The third-order valence-corrected chi connectivity index (χ3v) is 8.96. The van der Waals surface area contributed by atoms with Crippen molar-refractivity contribution in [1.29, 1.82) is 0 Å². The number of carbonyl (C=O) groups is 1. The number of aromatic nitrogens is 1. The largest absolute Gasteiger partial charge is 0.494 e. The molecule has 8 nitrogen and oxygen atoms in total. The molecule has 0 aliphatic carbocycles. The second kappa shape index (κ2) is 12.8. The van der Waals surface area contributed by atoms with Crippen LogP contribution in [0.2, 0.25) is 10.0 Å². The van der Waals surface area contributed by atoms with Crippen LogP contribution in [0.25, 0.3) is 5.69 Å². The molecule has 0 aliphatic rings. The first-order valence-electron chi connectivity index (χ1n) is 12.8. The van der Waals surface area contributed by atoms with Gasteiger partial charge < -0.3 is 9.30 Å². The Balaban J connectivity index is 1.57. The summed E-state index contributed by atoms with van der Waals surface area (Å²) < 4.78 is 35.7. The van der Waals surface area contributed by atoms with Gasteiger partial charge in [-0.15, -0.1) is 0 Å². The van der Waals surface area contributed by atoms with Crippen molar-refractivity contribution in [2.24, 2.45) is 5.10 Å². The Morgan fingerprint density at radius 2 is 1.71 bits per heavy atom. The van der Waals surface area contributed by atoms with Gasteiger partial charge in [-0.1, -0.05) is 47.0 Å². The van der Waals surface area contributed by atoms with E-state index in [1.807, 2.05) is 50.5 Å². The highest BCUT2D eigenvalue weighted by Crippen LogP contribution is 2.31. The van der Waals surface area contributed by atoms with Gasteiger partial charge in [-0.2, -0.15) is 5.10 Å². The molecule has 0 fully saturated rings. The molecule has 0 unspecified atom stereocenters. The summed E-state index contributed by atoms with van der Waals surface area (Å²) in [5, 5.41) is 4.97. The maximum absolute atomic E-state index is 13.6. The van der Waals surface area contributed by atoms with Gasteiger partial charge in [0.25, 0.3) is 15.9 Å². The molecule has 1 aromatic heterocycles. The zero-order valence-electron chi connectivity index (χ0n) is 23.1. The van der Waals surface area contributed by atoms with Crippen molar-refractivity contribution in [3.05, 3.63) is 105 Å². The molecule has 0 radical (unpaired) electrons. The number of sulfonamides is 1. The first kappa shape index (κ1) is 30.2. The number of halogens is 2. The van der Waals surface area contributed by atoms with Gasteiger partial charge in [-0.3, -0.25) is 9.10 Å². The predicted octanol–water partition coefficient (Wildman–Crippen LogP) is 6.45. The lowest BCUT2D eigenvalue weighted by molar-refractivity contribution is -0.119. The van der Waals surface area contributed by atoms with Crippen LogP contribution < -0.4 is 14.5 Å². The predicted molar refractivity (Wildman–Crippen MR) is 164 cm³/mol. The molecule has 214 valence electrons. The van der Waals surface area contributed by atoms with E-state index in [4.69, 9.17) is 27.9 Å². The quantitative estimate of drug-likeness (QED) is 0.164. The first-order valence-corrected chi connectivity index (χ1v) is 15.0. The Hall–Kier alpha value is -3.79. The van der Waals surface area contributed by atoms with Crippen molar-refractivity contribution in [3.63, 3.8) is 0 Å². The van der Waals surface area contributed by atoms with Crippen molar-refractivity contribution in [2.75, 3.05) is 17.5 Å². The Morgan fingerprint density at radius 3 is 2.37 bits per heavy atom. The van der Waals surface area contributed by atoms with E-state index in [-0.39, 0.29) is 4.90 Å². The third-order valence-electron chi connectivity index (χ3n) is 6.37. The van der Waals surface area contributed by atoms with Gasteiger partial charge in [-0.25, -0.2) is 13.8 Å². The maximum Gasteiger partial charge on any atom is 0.264 e. The molecule has 4 rings (SSSR count). The molecule has 1 heterocycles. The van der Waals surface area contributed by atoms with Crippen LogP contribution in [-0.2, 0) is 14.8 Å². The van der Waals surface area contributed by atoms with E-state index in [0.29, 0.717) is 28.1 Å². The molecule has 1 N–H and O–H groups in total. The second-order valence-corrected chi connectivity index (χ2v) is 11.9. The fraction of sp³-hybridized carbons (Fsp3) is 0.200. The van der Waals surface area contributed by atoms with Crippen LogP contribution in [0.5, 0.6) is 5.75 Å². The number of anilines is 1. The molecular formula is C30H30Cl2N4O4S. The molecule has 1 amide bonds. The van der Waals surface area contributed by atoms with Crippen molar-refractivity contribution < 1.29 is 17.9 Å². The average Bonchev–Trinajstić information content (AvgIpc) is 3.22. The highest BCUT2D eigenvalue weighted by molar-refractivity contribution is 7.92. The lowest BCUT2D eigenvalue weighted by Crippen LogP contribution is -2.39. The summed E-state index contributed by atoms with van der Waals surface area (Å²) in [6.45, 7) is 7.53. The molecule has 41 heavy (non-hydrogen) atoms. The minimum Gasteiger partial charge on any atom is -0.494 e. The van der Waals surface area contributed by atoms with Crippen LogP contribution in [0.4, 0.5) is 5.69 Å². The molecule has 0 bridgehead atoms. The van der Waals surface area contributed by atoms with Gasteiger partial charge in [-0.05, 0) is 82.3 Å². The topological polar surface area (TPSA) is 93.0 Å². The van der Waals surface area contributed by atoms with Crippen molar-refractivity contribution in [1.82, 2.24) is 9.99 Å². The van der Waals surface area contributed by atoms with Gasteiger partial charge in [0, 0.05) is 17.0 Å². The highest BCUT2D eigenvalue weighted by Gasteiger charge is 2.27. The van der Waals surface area contributed by atoms with Crippen LogP contribution in [0.15, 0.2) is 82.8 Å². The summed E-state index contributed by atoms with van der Waals surface area (Å²) in [6, 6.07) is 20.3. The standard InChI is InChI=1S/C30H30Cl2N4O4S/c1-5-40-25-13-11-24(12-14-25)35(41(38,39)26-15-9-20(2)10-16-26)19-29(37)34-33-18-23-17-21(3)36(22(23)4)28-8-6-7-27(31)30(28)32/h6-18H,5,19H2,1-4H3,(H,34,37)/b33-18-. The Labute approximate surface area is 250 Å². The molecule has 0 saturated carbocycles. The zero-order chi connectivity index (χ0) is 29.7. The lowest BCUT2D eigenvalue weighted by Gasteiger charge is -2.24. The third kappa shape index (κ3) is 6.75. The molecule has 11 heteroatoms. The number of nitrogens with zero attached hydrogens (tertiary/aromatic N) is 3. The monoisotopic (exact) mass is 612 g/mol. The molecule has 0 aliphatic heterocycles. The molecule has 0 atom stereocenters. The minimum atomic E-state index is -4.06. The van der Waals surface area contributed by atoms with E-state index in [0.717, 1.165) is 32.5 Å². The van der Waals surface area contributed by atoms with Gasteiger partial charge >= 0.3 is 0 Å². The fourth-order valence-electron chi connectivity index (χ4n) is 4.32. The number of ether oxygens (including phenoxy) is 1. The summed E-state index contributed by atoms with van der Waals surface area (Å²) in [4.78, 5) is 13.1. The summed E-state index contributed by atoms with van der Waals surface area (Å²) in [5.74, 6) is -0.0211. The van der Waals surface area contributed by atoms with E-state index in [2.05, 4.69) is 10.5 Å². The van der Waals surface area contributed by atoms with Gasteiger partial charge in [0.2, 0.25) is 0 Å². The van der Waals surface area contributed by atoms with Crippen molar-refractivity contribution in [2.45, 2.75) is 32.6 Å². The summed E-state index contributed by atoms with van der Waals surface area (Å²) in [6.07, 6.45) is 1.50. The number of aryl methyl sites for hydroxylation is 2. The van der Waals surface area contributed by atoms with Crippen molar-refractivity contribution >= 4 is 51.0 Å². The Morgan fingerprint density at radius 1 is 1.02 bits per heavy atom. The second-order valence-electron chi connectivity index (χ2n) is 9.28. The van der Waals surface area contributed by atoms with E-state index < -0.39 is 22.5 Å². The molecule has 0 saturated heterocycles. The Kier molecular flexibility index (Phi) is 9.42. The van der Waals surface area contributed by atoms with E-state index in [1.165, 1.54) is 18.3 Å². The van der Waals surface area contributed by atoms with E-state index in [1.54, 1.807) is 42.5 Å².